The molecule has 7 rings (SSSR count). The van der Waals surface area contributed by atoms with Crippen LogP contribution in [0.5, 0.6) is 5.75 Å². The van der Waals surface area contributed by atoms with E-state index in [1.54, 1.807) is 72.9 Å². The van der Waals surface area contributed by atoms with Gasteiger partial charge >= 0.3 is 0 Å². The minimum absolute atomic E-state index is 0.0157. The van der Waals surface area contributed by atoms with Crippen molar-refractivity contribution in [1.82, 2.24) is 8.96 Å². The molecule has 222 valence electrons. The molecule has 0 aliphatic carbocycles. The molecule has 2 aliphatic heterocycles. The Kier molecular flexibility index (Phi) is 7.19. The van der Waals surface area contributed by atoms with Gasteiger partial charge in [0.2, 0.25) is 0 Å². The zero-order valence-electron chi connectivity index (χ0n) is 23.7. The fourth-order valence-electron chi connectivity index (χ4n) is 5.74. The van der Waals surface area contributed by atoms with Crippen molar-refractivity contribution in [3.8, 4) is 34.2 Å². The molecule has 0 bridgehead atoms. The summed E-state index contributed by atoms with van der Waals surface area (Å²) in [5, 5.41) is 21.3. The Morgan fingerprint density at radius 1 is 0.932 bits per heavy atom. The van der Waals surface area contributed by atoms with Gasteiger partial charge in [0.05, 0.1) is 42.6 Å². The van der Waals surface area contributed by atoms with Gasteiger partial charge < -0.3 is 19.3 Å². The van der Waals surface area contributed by atoms with E-state index in [1.807, 2.05) is 18.2 Å². The van der Waals surface area contributed by atoms with E-state index in [4.69, 9.17) is 14.2 Å². The van der Waals surface area contributed by atoms with Crippen LogP contribution in [0, 0.1) is 11.3 Å². The van der Waals surface area contributed by atoms with Gasteiger partial charge in [-0.1, -0.05) is 48.5 Å². The van der Waals surface area contributed by atoms with Crippen molar-refractivity contribution in [2.75, 3.05) is 26.4 Å². The number of rotatable bonds is 7. The minimum Gasteiger partial charge on any atom is -0.489 e. The summed E-state index contributed by atoms with van der Waals surface area (Å²) in [4.78, 5) is 4.68. The molecule has 2 aromatic heterocycles. The van der Waals surface area contributed by atoms with Crippen LogP contribution in [0.3, 0.4) is 0 Å². The third-order valence-electron chi connectivity index (χ3n) is 8.22. The maximum absolute atomic E-state index is 14.2. The predicted octanol–water partition coefficient (Wildman–Crippen LogP) is 5.25. The average molecular weight is 608 g/mol. The number of ether oxygens (including phenoxy) is 3. The van der Waals surface area contributed by atoms with Crippen molar-refractivity contribution < 1.29 is 27.7 Å². The number of aromatic nitrogens is 2. The number of hydrogen-bond acceptors (Lipinski definition) is 8. The van der Waals surface area contributed by atoms with Gasteiger partial charge in [-0.3, -0.25) is 0 Å². The molecule has 0 spiro atoms. The normalized spacial score (nSPS) is 16.7. The molecule has 0 amide bonds. The van der Waals surface area contributed by atoms with Gasteiger partial charge in [-0.25, -0.2) is 17.4 Å². The Balaban J connectivity index is 1.37. The van der Waals surface area contributed by atoms with Gasteiger partial charge in [-0.15, -0.1) is 0 Å². The van der Waals surface area contributed by atoms with Crippen molar-refractivity contribution in [1.29, 1.82) is 5.26 Å². The number of nitriles is 1. The van der Waals surface area contributed by atoms with E-state index in [0.29, 0.717) is 46.7 Å². The standard InChI is InChI=1S/C34H29N3O6S/c35-20-25-18-24(8-11-32(25)43-27-13-16-41-17-14-27)29-12-15-36-33-30(29)19-31(37(33)44(39,40)28-4-2-1-3-5-28)23-6-9-26(10-7-23)34(38)21-42-22-34/h1-12,15,18-19,27,38H,13-14,16-17,21-22H2. The van der Waals surface area contributed by atoms with Crippen LogP contribution in [0.4, 0.5) is 0 Å². The van der Waals surface area contributed by atoms with E-state index >= 15 is 0 Å². The molecular weight excluding hydrogens is 578 g/mol. The highest BCUT2D eigenvalue weighted by molar-refractivity contribution is 7.90. The van der Waals surface area contributed by atoms with Gasteiger partial charge in [0.25, 0.3) is 10.0 Å². The molecule has 0 unspecified atom stereocenters. The first-order valence-electron chi connectivity index (χ1n) is 14.4. The maximum atomic E-state index is 14.2. The Morgan fingerprint density at radius 2 is 1.66 bits per heavy atom. The van der Waals surface area contributed by atoms with E-state index in [9.17, 15) is 18.8 Å². The summed E-state index contributed by atoms with van der Waals surface area (Å²) in [5.74, 6) is 0.511. The second-order valence-corrected chi connectivity index (χ2v) is 12.8. The van der Waals surface area contributed by atoms with Crippen molar-refractivity contribution >= 4 is 21.1 Å². The second kappa shape index (κ2) is 11.2. The van der Waals surface area contributed by atoms with Crippen molar-refractivity contribution in [2.45, 2.75) is 29.4 Å². The van der Waals surface area contributed by atoms with E-state index in [1.165, 1.54) is 3.97 Å². The zero-order valence-corrected chi connectivity index (χ0v) is 24.5. The zero-order chi connectivity index (χ0) is 30.3. The molecule has 0 radical (unpaired) electrons. The summed E-state index contributed by atoms with van der Waals surface area (Å²) in [6.07, 6.45) is 3.08. The lowest BCUT2D eigenvalue weighted by molar-refractivity contribution is -0.184. The number of aliphatic hydroxyl groups is 1. The van der Waals surface area contributed by atoms with E-state index in [-0.39, 0.29) is 29.9 Å². The molecule has 2 fully saturated rings. The predicted molar refractivity (Wildman–Crippen MR) is 164 cm³/mol. The molecule has 2 aliphatic rings. The highest BCUT2D eigenvalue weighted by Crippen LogP contribution is 2.38. The van der Waals surface area contributed by atoms with Gasteiger partial charge in [-0.2, -0.15) is 5.26 Å². The van der Waals surface area contributed by atoms with Gasteiger partial charge in [0.1, 0.15) is 23.5 Å². The smallest absolute Gasteiger partial charge is 0.269 e. The minimum atomic E-state index is -4.07. The number of hydrogen-bond donors (Lipinski definition) is 1. The Bertz CT molecular complexity index is 1990. The van der Waals surface area contributed by atoms with Crippen LogP contribution < -0.4 is 4.74 Å². The number of fused-ring (bicyclic) bond motifs is 1. The van der Waals surface area contributed by atoms with Crippen molar-refractivity contribution in [2.24, 2.45) is 0 Å². The molecule has 3 aromatic carbocycles. The van der Waals surface area contributed by atoms with E-state index in [2.05, 4.69) is 11.1 Å². The van der Waals surface area contributed by atoms with Crippen LogP contribution in [0.25, 0.3) is 33.4 Å². The quantitative estimate of drug-likeness (QED) is 0.266. The van der Waals surface area contributed by atoms with Crippen LogP contribution in [0.2, 0.25) is 0 Å². The number of nitrogens with zero attached hydrogens (tertiary/aromatic N) is 3. The fourth-order valence-corrected chi connectivity index (χ4v) is 7.25. The van der Waals surface area contributed by atoms with Crippen LogP contribution in [0.15, 0.2) is 96.0 Å². The summed E-state index contributed by atoms with van der Waals surface area (Å²) >= 11 is 0. The maximum Gasteiger partial charge on any atom is 0.269 e. The molecule has 0 atom stereocenters. The molecule has 2 saturated heterocycles. The first-order valence-corrected chi connectivity index (χ1v) is 15.8. The van der Waals surface area contributed by atoms with E-state index < -0.39 is 15.6 Å². The fraction of sp³-hybridized carbons (Fsp3) is 0.235. The van der Waals surface area contributed by atoms with Gasteiger partial charge in [-0.05, 0) is 58.7 Å². The Hall–Kier alpha value is -4.53. The number of pyridine rings is 1. The molecule has 5 aromatic rings. The second-order valence-electron chi connectivity index (χ2n) is 11.1. The highest BCUT2D eigenvalue weighted by atomic mass is 32.2. The molecular formula is C34H29N3O6S. The van der Waals surface area contributed by atoms with Gasteiger partial charge in [0.15, 0.2) is 5.65 Å². The average Bonchev–Trinajstić information content (AvgIpc) is 3.46. The lowest BCUT2D eigenvalue weighted by atomic mass is 9.91. The highest BCUT2D eigenvalue weighted by Gasteiger charge is 2.38. The summed E-state index contributed by atoms with van der Waals surface area (Å²) in [6.45, 7) is 1.68. The third kappa shape index (κ3) is 4.94. The molecule has 10 heteroatoms. The molecule has 0 saturated carbocycles. The van der Waals surface area contributed by atoms with Gasteiger partial charge in [0, 0.05) is 24.4 Å². The molecule has 44 heavy (non-hydrogen) atoms. The molecule has 1 N–H and O–H groups in total. The topological polar surface area (TPSA) is 124 Å². The first-order chi connectivity index (χ1) is 21.4. The first kappa shape index (κ1) is 28.3. The van der Waals surface area contributed by atoms with Crippen LogP contribution in [-0.4, -0.2) is 55.0 Å². The summed E-state index contributed by atoms with van der Waals surface area (Å²) in [7, 11) is -4.07. The van der Waals surface area contributed by atoms with E-state index in [0.717, 1.165) is 24.0 Å². The van der Waals surface area contributed by atoms with Crippen LogP contribution >= 0.6 is 0 Å². The molecule has 9 nitrogen and oxygen atoms in total. The third-order valence-corrected chi connectivity index (χ3v) is 9.93. The molecule has 4 heterocycles. The number of benzene rings is 3. The summed E-state index contributed by atoms with van der Waals surface area (Å²) < 4.78 is 46.4. The monoisotopic (exact) mass is 607 g/mol. The van der Waals surface area contributed by atoms with Crippen molar-refractivity contribution in [3.63, 3.8) is 0 Å². The summed E-state index contributed by atoms with van der Waals surface area (Å²) in [5.41, 5.74) is 2.83. The largest absolute Gasteiger partial charge is 0.489 e. The van der Waals surface area contributed by atoms with Crippen molar-refractivity contribution in [3.05, 3.63) is 102 Å². The SMILES string of the molecule is N#Cc1cc(-c2ccnc3c2cc(-c2ccc(C4(O)COC4)cc2)n3S(=O)(=O)c2ccccc2)ccc1OC1CCOCC1. The summed E-state index contributed by atoms with van der Waals surface area (Å²) in [6, 6.07) is 26.7. The van der Waals surface area contributed by atoms with Crippen LogP contribution in [0.1, 0.15) is 24.0 Å². The lowest BCUT2D eigenvalue weighted by Gasteiger charge is -2.36. The Morgan fingerprint density at radius 3 is 2.34 bits per heavy atom. The van der Waals surface area contributed by atoms with Crippen LogP contribution in [-0.2, 0) is 25.1 Å². The lowest BCUT2D eigenvalue weighted by Crippen LogP contribution is -2.46. The Labute approximate surface area is 254 Å².